The number of aldehydes is 1. The molecule has 148 valence electrons. The number of aryl methyl sites for hydroxylation is 1. The Balaban J connectivity index is 0.000000626. The molecule has 0 amide bonds. The van der Waals surface area contributed by atoms with Crippen molar-refractivity contribution in [2.45, 2.75) is 51.5 Å². The number of hydrogen-bond acceptors (Lipinski definition) is 2. The van der Waals surface area contributed by atoms with E-state index in [1.54, 1.807) is 0 Å². The van der Waals surface area contributed by atoms with E-state index in [-0.39, 0.29) is 0 Å². The van der Waals surface area contributed by atoms with Crippen LogP contribution in [-0.2, 0) is 13.0 Å². The first-order chi connectivity index (χ1) is 14.3. The fourth-order valence-electron chi connectivity index (χ4n) is 3.50. The summed E-state index contributed by atoms with van der Waals surface area (Å²) in [6, 6.07) is 16.1. The molecule has 1 aromatic heterocycles. The van der Waals surface area contributed by atoms with Gasteiger partial charge in [0.05, 0.1) is 11.0 Å². The Bertz CT molecular complexity index is 1020. The molecule has 0 atom stereocenters. The number of para-hydroxylation sites is 2. The molecule has 29 heavy (non-hydrogen) atoms. The van der Waals surface area contributed by atoms with Crippen molar-refractivity contribution in [1.82, 2.24) is 9.55 Å². The van der Waals surface area contributed by atoms with Crippen molar-refractivity contribution in [3.8, 4) is 0 Å². The molecule has 0 aliphatic heterocycles. The van der Waals surface area contributed by atoms with Crippen LogP contribution in [0.4, 0.5) is 0 Å². The molecule has 0 saturated heterocycles. The minimum absolute atomic E-state index is 0.707. The van der Waals surface area contributed by atoms with E-state index in [0.717, 1.165) is 49.9 Å². The van der Waals surface area contributed by atoms with Gasteiger partial charge in [0.25, 0.3) is 0 Å². The maximum Gasteiger partial charge on any atom is 0.150 e. The monoisotopic (exact) mass is 384 g/mol. The molecule has 0 bridgehead atoms. The summed E-state index contributed by atoms with van der Waals surface area (Å²) in [4.78, 5) is 15.7. The van der Waals surface area contributed by atoms with E-state index in [4.69, 9.17) is 4.98 Å². The molecule has 2 aromatic carbocycles. The second kappa shape index (κ2) is 9.51. The molecule has 1 fully saturated rings. The molecule has 5 rings (SSSR count). The third-order valence-electron chi connectivity index (χ3n) is 5.26. The quantitative estimate of drug-likeness (QED) is 0.469. The van der Waals surface area contributed by atoms with Gasteiger partial charge in [-0.15, -0.1) is 0 Å². The normalized spacial score (nSPS) is 14.8. The van der Waals surface area contributed by atoms with Gasteiger partial charge in [-0.1, -0.05) is 79.5 Å². The van der Waals surface area contributed by atoms with Gasteiger partial charge in [0.15, 0.2) is 0 Å². The molecular formula is C26H28N2O. The maximum atomic E-state index is 10.9. The molecule has 2 aliphatic carbocycles. The summed E-state index contributed by atoms with van der Waals surface area (Å²) >= 11 is 0. The molecule has 3 aromatic rings. The highest BCUT2D eigenvalue weighted by Gasteiger charge is 2.11. The number of hydrogen-bond donors (Lipinski definition) is 0. The van der Waals surface area contributed by atoms with Crippen LogP contribution in [0.25, 0.3) is 11.0 Å². The van der Waals surface area contributed by atoms with Gasteiger partial charge in [0, 0.05) is 18.5 Å². The fourth-order valence-corrected chi connectivity index (χ4v) is 3.50. The van der Waals surface area contributed by atoms with Crippen molar-refractivity contribution in [1.29, 1.82) is 0 Å². The zero-order valence-corrected chi connectivity index (χ0v) is 16.9. The highest BCUT2D eigenvalue weighted by Crippen LogP contribution is 2.21. The number of allylic oxidation sites excluding steroid dienone is 4. The van der Waals surface area contributed by atoms with Crippen LogP contribution in [0, 0.1) is 0 Å². The van der Waals surface area contributed by atoms with Gasteiger partial charge in [-0.05, 0) is 37.0 Å². The van der Waals surface area contributed by atoms with Gasteiger partial charge in [-0.3, -0.25) is 4.79 Å². The number of fused-ring (bicyclic) bond motifs is 1. The van der Waals surface area contributed by atoms with Crippen LogP contribution in [0.5, 0.6) is 0 Å². The first-order valence-corrected chi connectivity index (χ1v) is 10.7. The van der Waals surface area contributed by atoms with Crippen molar-refractivity contribution in [3.63, 3.8) is 0 Å². The Morgan fingerprint density at radius 3 is 2.45 bits per heavy atom. The van der Waals surface area contributed by atoms with Crippen LogP contribution in [0.3, 0.4) is 0 Å². The molecule has 0 spiro atoms. The zero-order chi connectivity index (χ0) is 19.9. The van der Waals surface area contributed by atoms with Crippen molar-refractivity contribution < 1.29 is 4.79 Å². The highest BCUT2D eigenvalue weighted by atomic mass is 16.1. The molecule has 0 radical (unpaired) electrons. The SMILES string of the molecule is C1CC1.O=Cc1ccc(Cc2nc3ccccc3n2CCC2=CCCC=C2)cc1. The average molecular weight is 385 g/mol. The minimum Gasteiger partial charge on any atom is -0.327 e. The van der Waals surface area contributed by atoms with Gasteiger partial charge >= 0.3 is 0 Å². The lowest BCUT2D eigenvalue weighted by atomic mass is 10.0. The fraction of sp³-hybridized carbons (Fsp3) is 0.308. The lowest BCUT2D eigenvalue weighted by Crippen LogP contribution is -2.06. The third-order valence-corrected chi connectivity index (χ3v) is 5.26. The van der Waals surface area contributed by atoms with Crippen molar-refractivity contribution >= 4 is 17.3 Å². The molecule has 3 heteroatoms. The number of rotatable bonds is 6. The average Bonchev–Trinajstić information content (AvgIpc) is 3.62. The third kappa shape index (κ3) is 5.32. The summed E-state index contributed by atoms with van der Waals surface area (Å²) in [5, 5.41) is 0. The first kappa shape index (κ1) is 19.4. The summed E-state index contributed by atoms with van der Waals surface area (Å²) in [5.41, 5.74) is 5.52. The maximum absolute atomic E-state index is 10.9. The largest absolute Gasteiger partial charge is 0.327 e. The second-order valence-electron chi connectivity index (χ2n) is 7.77. The van der Waals surface area contributed by atoms with Gasteiger partial charge in [0.2, 0.25) is 0 Å². The predicted octanol–water partition coefficient (Wildman–Crippen LogP) is 6.28. The summed E-state index contributed by atoms with van der Waals surface area (Å²) in [7, 11) is 0. The second-order valence-corrected chi connectivity index (χ2v) is 7.77. The summed E-state index contributed by atoms with van der Waals surface area (Å²) in [6.07, 6.45) is 16.3. The van der Waals surface area contributed by atoms with Crippen LogP contribution < -0.4 is 0 Å². The van der Waals surface area contributed by atoms with E-state index in [9.17, 15) is 4.79 Å². The number of imidazole rings is 1. The molecular weight excluding hydrogens is 356 g/mol. The summed E-state index contributed by atoms with van der Waals surface area (Å²) in [5.74, 6) is 1.07. The van der Waals surface area contributed by atoms with Crippen LogP contribution in [0.15, 0.2) is 72.3 Å². The van der Waals surface area contributed by atoms with E-state index in [1.165, 1.54) is 35.9 Å². The standard InChI is InChI=1S/C23H22N2O.C3H6/c26-17-20-12-10-19(11-13-20)16-23-24-21-8-4-5-9-22(21)25(23)15-14-18-6-2-1-3-7-18;1-2-3-1/h2,4-13,17H,1,3,14-16H2;1-3H2. The Labute approximate surface area is 172 Å². The molecule has 1 saturated carbocycles. The zero-order valence-electron chi connectivity index (χ0n) is 16.9. The Hall–Kier alpha value is -2.94. The van der Waals surface area contributed by atoms with E-state index in [2.05, 4.69) is 41.0 Å². The van der Waals surface area contributed by atoms with E-state index < -0.39 is 0 Å². The number of benzene rings is 2. The van der Waals surface area contributed by atoms with Gasteiger partial charge in [-0.2, -0.15) is 0 Å². The van der Waals surface area contributed by atoms with Crippen LogP contribution in [-0.4, -0.2) is 15.8 Å². The number of aromatic nitrogens is 2. The lowest BCUT2D eigenvalue weighted by Gasteiger charge is -2.12. The molecule has 0 unspecified atom stereocenters. The Kier molecular flexibility index (Phi) is 6.35. The minimum atomic E-state index is 0.707. The molecule has 2 aliphatic rings. The van der Waals surface area contributed by atoms with Crippen LogP contribution in [0.2, 0.25) is 0 Å². The van der Waals surface area contributed by atoms with Gasteiger partial charge in [0.1, 0.15) is 12.1 Å². The lowest BCUT2D eigenvalue weighted by molar-refractivity contribution is 0.112. The summed E-state index contributed by atoms with van der Waals surface area (Å²) < 4.78 is 2.34. The van der Waals surface area contributed by atoms with E-state index >= 15 is 0 Å². The van der Waals surface area contributed by atoms with Crippen molar-refractivity contribution in [2.24, 2.45) is 0 Å². The Morgan fingerprint density at radius 2 is 1.76 bits per heavy atom. The highest BCUT2D eigenvalue weighted by molar-refractivity contribution is 5.76. The molecule has 3 nitrogen and oxygen atoms in total. The van der Waals surface area contributed by atoms with Crippen molar-refractivity contribution in [3.05, 3.63) is 89.3 Å². The number of carbonyl (C=O) groups is 1. The molecule has 1 heterocycles. The van der Waals surface area contributed by atoms with Crippen molar-refractivity contribution in [2.75, 3.05) is 0 Å². The van der Waals surface area contributed by atoms with E-state index in [1.807, 2.05) is 30.3 Å². The predicted molar refractivity (Wildman–Crippen MR) is 119 cm³/mol. The number of nitrogens with zero attached hydrogens (tertiary/aromatic N) is 2. The summed E-state index contributed by atoms with van der Waals surface area (Å²) in [6.45, 7) is 0.929. The van der Waals surface area contributed by atoms with Gasteiger partial charge in [-0.25, -0.2) is 4.98 Å². The van der Waals surface area contributed by atoms with Crippen LogP contribution >= 0.6 is 0 Å². The number of carbonyl (C=O) groups excluding carboxylic acids is 1. The topological polar surface area (TPSA) is 34.9 Å². The smallest absolute Gasteiger partial charge is 0.150 e. The molecule has 0 N–H and O–H groups in total. The Morgan fingerprint density at radius 1 is 0.966 bits per heavy atom. The first-order valence-electron chi connectivity index (χ1n) is 10.7. The van der Waals surface area contributed by atoms with Gasteiger partial charge < -0.3 is 4.57 Å². The van der Waals surface area contributed by atoms with E-state index in [0.29, 0.717) is 5.56 Å². The van der Waals surface area contributed by atoms with Crippen LogP contribution in [0.1, 0.15) is 60.3 Å².